The Morgan fingerprint density at radius 2 is 2.06 bits per heavy atom. The molecule has 2 fully saturated rings. The SMILES string of the molecule is Cc1[nH]c(=S)sc1CC(=O)NC(C1CC1)C1CC1. The summed E-state index contributed by atoms with van der Waals surface area (Å²) < 4.78 is 0.760. The van der Waals surface area contributed by atoms with Crippen LogP contribution in [0.5, 0.6) is 0 Å². The molecule has 5 heteroatoms. The largest absolute Gasteiger partial charge is 0.353 e. The first-order valence-electron chi connectivity index (χ1n) is 6.61. The molecule has 3 rings (SSSR count). The van der Waals surface area contributed by atoms with E-state index < -0.39 is 0 Å². The van der Waals surface area contributed by atoms with Gasteiger partial charge in [-0.15, -0.1) is 11.3 Å². The summed E-state index contributed by atoms with van der Waals surface area (Å²) in [6.45, 7) is 1.98. The average Bonchev–Trinajstić information content (AvgIpc) is 3.18. The van der Waals surface area contributed by atoms with Gasteiger partial charge in [-0.3, -0.25) is 4.79 Å². The zero-order valence-corrected chi connectivity index (χ0v) is 12.1. The number of aromatic amines is 1. The first-order valence-corrected chi connectivity index (χ1v) is 7.84. The Hall–Kier alpha value is -0.680. The summed E-state index contributed by atoms with van der Waals surface area (Å²) in [4.78, 5) is 16.3. The Balaban J connectivity index is 1.60. The highest BCUT2D eigenvalue weighted by atomic mass is 32.1. The van der Waals surface area contributed by atoms with E-state index in [-0.39, 0.29) is 5.91 Å². The molecule has 1 aromatic heterocycles. The van der Waals surface area contributed by atoms with E-state index in [9.17, 15) is 4.79 Å². The number of H-pyrrole nitrogens is 1. The zero-order valence-electron chi connectivity index (χ0n) is 10.5. The maximum Gasteiger partial charge on any atom is 0.225 e. The van der Waals surface area contributed by atoms with Gasteiger partial charge in [0.05, 0.1) is 6.42 Å². The second-order valence-electron chi connectivity index (χ2n) is 5.51. The van der Waals surface area contributed by atoms with Gasteiger partial charge in [-0.25, -0.2) is 0 Å². The molecule has 0 atom stereocenters. The van der Waals surface area contributed by atoms with Crippen molar-refractivity contribution in [3.05, 3.63) is 14.5 Å². The van der Waals surface area contributed by atoms with Gasteiger partial charge in [-0.2, -0.15) is 0 Å². The van der Waals surface area contributed by atoms with Gasteiger partial charge in [0.1, 0.15) is 0 Å². The standard InChI is InChI=1S/C13H18N2OS2/c1-7-10(18-13(17)14-7)6-11(16)15-12(8-2-3-8)9-4-5-9/h8-9,12H,2-6H2,1H3,(H,14,17)(H,15,16). The van der Waals surface area contributed by atoms with Crippen LogP contribution in [0.15, 0.2) is 0 Å². The maximum absolute atomic E-state index is 12.1. The van der Waals surface area contributed by atoms with Crippen LogP contribution in [0.3, 0.4) is 0 Å². The van der Waals surface area contributed by atoms with Crippen LogP contribution in [-0.4, -0.2) is 16.9 Å². The van der Waals surface area contributed by atoms with Gasteiger partial charge in [0, 0.05) is 16.6 Å². The second kappa shape index (κ2) is 4.78. The predicted octanol–water partition coefficient (Wildman–Crippen LogP) is 2.96. The molecule has 0 unspecified atom stereocenters. The lowest BCUT2D eigenvalue weighted by atomic mass is 10.1. The number of hydrogen-bond donors (Lipinski definition) is 2. The Morgan fingerprint density at radius 1 is 1.44 bits per heavy atom. The summed E-state index contributed by atoms with van der Waals surface area (Å²) in [6, 6.07) is 0.449. The molecule has 0 bridgehead atoms. The molecule has 2 saturated carbocycles. The minimum Gasteiger partial charge on any atom is -0.353 e. The third-order valence-electron chi connectivity index (χ3n) is 3.83. The molecule has 0 aromatic carbocycles. The van der Waals surface area contributed by atoms with E-state index in [2.05, 4.69) is 10.3 Å². The summed E-state index contributed by atoms with van der Waals surface area (Å²) in [6.07, 6.45) is 5.65. The highest BCUT2D eigenvalue weighted by molar-refractivity contribution is 7.73. The van der Waals surface area contributed by atoms with Crippen molar-refractivity contribution in [1.82, 2.24) is 10.3 Å². The Bertz CT molecular complexity index is 499. The number of thiazole rings is 1. The molecule has 0 aliphatic heterocycles. The van der Waals surface area contributed by atoms with E-state index in [1.165, 1.54) is 37.0 Å². The predicted molar refractivity (Wildman–Crippen MR) is 75.3 cm³/mol. The lowest BCUT2D eigenvalue weighted by Gasteiger charge is -2.17. The molecule has 0 saturated heterocycles. The van der Waals surface area contributed by atoms with Gasteiger partial charge in [0.25, 0.3) is 0 Å². The van der Waals surface area contributed by atoms with E-state index in [4.69, 9.17) is 12.2 Å². The van der Waals surface area contributed by atoms with Crippen molar-refractivity contribution in [2.45, 2.75) is 45.1 Å². The van der Waals surface area contributed by atoms with E-state index in [0.29, 0.717) is 12.5 Å². The van der Waals surface area contributed by atoms with Crippen LogP contribution in [0.4, 0.5) is 0 Å². The molecule has 18 heavy (non-hydrogen) atoms. The number of hydrogen-bond acceptors (Lipinski definition) is 3. The van der Waals surface area contributed by atoms with Crippen LogP contribution in [0.2, 0.25) is 0 Å². The molecule has 2 aliphatic carbocycles. The lowest BCUT2D eigenvalue weighted by molar-refractivity contribution is -0.121. The summed E-state index contributed by atoms with van der Waals surface area (Å²) in [5.41, 5.74) is 1.04. The number of aryl methyl sites for hydroxylation is 1. The molecule has 1 amide bonds. The fraction of sp³-hybridized carbons (Fsp3) is 0.692. The monoisotopic (exact) mass is 282 g/mol. The van der Waals surface area contributed by atoms with E-state index in [0.717, 1.165) is 26.4 Å². The summed E-state index contributed by atoms with van der Waals surface area (Å²) >= 11 is 6.61. The maximum atomic E-state index is 12.1. The highest BCUT2D eigenvalue weighted by Gasteiger charge is 2.42. The Morgan fingerprint density at radius 3 is 2.50 bits per heavy atom. The summed E-state index contributed by atoms with van der Waals surface area (Å²) in [7, 11) is 0. The highest BCUT2D eigenvalue weighted by Crippen LogP contribution is 2.44. The van der Waals surface area contributed by atoms with Crippen molar-refractivity contribution >= 4 is 29.5 Å². The minimum absolute atomic E-state index is 0.159. The number of rotatable bonds is 5. The molecular formula is C13H18N2OS2. The molecule has 2 aliphatic rings. The topological polar surface area (TPSA) is 44.9 Å². The molecule has 2 N–H and O–H groups in total. The van der Waals surface area contributed by atoms with Gasteiger partial charge in [-0.1, -0.05) is 0 Å². The van der Waals surface area contributed by atoms with Gasteiger partial charge in [0.2, 0.25) is 5.91 Å². The van der Waals surface area contributed by atoms with E-state index >= 15 is 0 Å². The van der Waals surface area contributed by atoms with E-state index in [1.807, 2.05) is 6.92 Å². The van der Waals surface area contributed by atoms with Crippen LogP contribution in [0.1, 0.15) is 36.3 Å². The van der Waals surface area contributed by atoms with Crippen molar-refractivity contribution in [3.8, 4) is 0 Å². The van der Waals surface area contributed by atoms with Crippen LogP contribution in [0, 0.1) is 22.7 Å². The Kier molecular flexibility index (Phi) is 3.28. The van der Waals surface area contributed by atoms with Gasteiger partial charge in [0.15, 0.2) is 3.95 Å². The number of nitrogens with one attached hydrogen (secondary N) is 2. The first kappa shape index (κ1) is 12.4. The van der Waals surface area contributed by atoms with Gasteiger partial charge in [-0.05, 0) is 56.7 Å². The zero-order chi connectivity index (χ0) is 12.7. The van der Waals surface area contributed by atoms with Crippen molar-refractivity contribution < 1.29 is 4.79 Å². The lowest BCUT2D eigenvalue weighted by Crippen LogP contribution is -2.38. The average molecular weight is 282 g/mol. The van der Waals surface area contributed by atoms with Crippen LogP contribution >= 0.6 is 23.6 Å². The van der Waals surface area contributed by atoms with Crippen molar-refractivity contribution in [3.63, 3.8) is 0 Å². The second-order valence-corrected chi connectivity index (χ2v) is 7.28. The van der Waals surface area contributed by atoms with Gasteiger partial charge >= 0.3 is 0 Å². The first-order chi connectivity index (χ1) is 8.63. The number of aromatic nitrogens is 1. The molecular weight excluding hydrogens is 264 g/mol. The van der Waals surface area contributed by atoms with Crippen LogP contribution in [0.25, 0.3) is 0 Å². The molecule has 1 heterocycles. The van der Waals surface area contributed by atoms with Crippen LogP contribution in [-0.2, 0) is 11.2 Å². The fourth-order valence-electron chi connectivity index (χ4n) is 2.52. The smallest absolute Gasteiger partial charge is 0.225 e. The number of amides is 1. The van der Waals surface area contributed by atoms with E-state index in [1.54, 1.807) is 0 Å². The van der Waals surface area contributed by atoms with Gasteiger partial charge < -0.3 is 10.3 Å². The normalized spacial score (nSPS) is 19.2. The molecule has 3 nitrogen and oxygen atoms in total. The number of carbonyl (C=O) groups is 1. The molecule has 0 spiro atoms. The third-order valence-corrected chi connectivity index (χ3v) is 5.17. The third kappa shape index (κ3) is 2.83. The quantitative estimate of drug-likeness (QED) is 0.816. The molecule has 98 valence electrons. The molecule has 0 radical (unpaired) electrons. The van der Waals surface area contributed by atoms with Crippen molar-refractivity contribution in [1.29, 1.82) is 0 Å². The summed E-state index contributed by atoms with van der Waals surface area (Å²) in [5, 5.41) is 3.25. The number of carbonyl (C=O) groups excluding carboxylic acids is 1. The fourth-order valence-corrected chi connectivity index (χ4v) is 3.81. The summed E-state index contributed by atoms with van der Waals surface area (Å²) in [5.74, 6) is 1.67. The van der Waals surface area contributed by atoms with Crippen LogP contribution < -0.4 is 5.32 Å². The minimum atomic E-state index is 0.159. The van der Waals surface area contributed by atoms with Crippen molar-refractivity contribution in [2.75, 3.05) is 0 Å². The molecule has 1 aromatic rings. The van der Waals surface area contributed by atoms with Crippen molar-refractivity contribution in [2.24, 2.45) is 11.8 Å². The Labute approximate surface area is 116 Å².